The monoisotopic (exact) mass is 278 g/mol. The van der Waals surface area contributed by atoms with E-state index in [1.165, 1.54) is 12.8 Å². The van der Waals surface area contributed by atoms with Crippen LogP contribution in [0.25, 0.3) is 0 Å². The minimum Gasteiger partial charge on any atom is -0.395 e. The van der Waals surface area contributed by atoms with E-state index in [0.717, 1.165) is 30.4 Å². The molecule has 1 fully saturated rings. The molecule has 20 heavy (non-hydrogen) atoms. The molecule has 5 heteroatoms. The summed E-state index contributed by atoms with van der Waals surface area (Å²) in [5, 5.41) is 12.6. The van der Waals surface area contributed by atoms with Gasteiger partial charge in [0.2, 0.25) is 0 Å². The van der Waals surface area contributed by atoms with E-state index in [1.807, 2.05) is 6.07 Å². The largest absolute Gasteiger partial charge is 0.395 e. The fourth-order valence-corrected chi connectivity index (χ4v) is 2.21. The van der Waals surface area contributed by atoms with Gasteiger partial charge in [0.15, 0.2) is 0 Å². The molecule has 0 unspecified atom stereocenters. The number of aliphatic hydroxyl groups excluding tert-OH is 1. The predicted octanol–water partition coefficient (Wildman–Crippen LogP) is 2.38. The molecule has 0 saturated heterocycles. The van der Waals surface area contributed by atoms with Crippen molar-refractivity contribution in [3.8, 4) is 0 Å². The topological polar surface area (TPSA) is 61.3 Å². The van der Waals surface area contributed by atoms with Crippen molar-refractivity contribution in [1.82, 2.24) is 9.97 Å². The van der Waals surface area contributed by atoms with Crippen LogP contribution in [0, 0.1) is 0 Å². The molecule has 1 saturated carbocycles. The first-order chi connectivity index (χ1) is 9.65. The van der Waals surface area contributed by atoms with Crippen LogP contribution in [0.15, 0.2) is 6.07 Å². The Hall–Kier alpha value is -1.36. The molecule has 2 N–H and O–H groups in total. The fourth-order valence-electron chi connectivity index (χ4n) is 2.21. The molecule has 0 amide bonds. The number of hydrogen-bond acceptors (Lipinski definition) is 5. The lowest BCUT2D eigenvalue weighted by Crippen LogP contribution is -2.34. The molecule has 0 aliphatic heterocycles. The minimum atomic E-state index is 0.138. The molecule has 1 aromatic heterocycles. The number of anilines is 2. The van der Waals surface area contributed by atoms with Gasteiger partial charge in [0.25, 0.3) is 0 Å². The second-order valence-corrected chi connectivity index (χ2v) is 5.68. The van der Waals surface area contributed by atoms with Gasteiger partial charge >= 0.3 is 0 Å². The first-order valence-electron chi connectivity index (χ1n) is 7.66. The molecule has 1 aliphatic rings. The Morgan fingerprint density at radius 2 is 2.15 bits per heavy atom. The molecule has 0 bridgehead atoms. The minimum absolute atomic E-state index is 0.138. The number of hydrogen-bond donors (Lipinski definition) is 2. The van der Waals surface area contributed by atoms with E-state index in [1.54, 1.807) is 0 Å². The Balaban J connectivity index is 2.26. The maximum atomic E-state index is 9.25. The van der Waals surface area contributed by atoms with Crippen molar-refractivity contribution in [2.45, 2.75) is 52.0 Å². The summed E-state index contributed by atoms with van der Waals surface area (Å²) < 4.78 is 0. The van der Waals surface area contributed by atoms with Gasteiger partial charge in [-0.15, -0.1) is 0 Å². The standard InChI is InChI=1S/C15H26N4O/c1-4-7-16-13-10-14(19(8-9-20)11(2)3)18-15(17-13)12-5-6-12/h10-12,20H,4-9H2,1-3H3,(H,16,17,18). The molecule has 0 aromatic carbocycles. The molecular weight excluding hydrogens is 252 g/mol. The van der Waals surface area contributed by atoms with E-state index in [9.17, 15) is 5.11 Å². The summed E-state index contributed by atoms with van der Waals surface area (Å²) in [5.41, 5.74) is 0. The normalized spacial score (nSPS) is 14.7. The number of nitrogens with zero attached hydrogens (tertiary/aromatic N) is 3. The third-order valence-electron chi connectivity index (χ3n) is 3.49. The Bertz CT molecular complexity index is 432. The summed E-state index contributed by atoms with van der Waals surface area (Å²) in [5.74, 6) is 3.30. The van der Waals surface area contributed by atoms with Crippen LogP contribution in [0.3, 0.4) is 0 Å². The highest BCUT2D eigenvalue weighted by Crippen LogP contribution is 2.39. The van der Waals surface area contributed by atoms with E-state index in [0.29, 0.717) is 18.5 Å². The Morgan fingerprint density at radius 3 is 2.70 bits per heavy atom. The summed E-state index contributed by atoms with van der Waals surface area (Å²) in [7, 11) is 0. The van der Waals surface area contributed by atoms with E-state index < -0.39 is 0 Å². The van der Waals surface area contributed by atoms with Crippen LogP contribution in [-0.2, 0) is 0 Å². The van der Waals surface area contributed by atoms with Crippen LogP contribution in [0.5, 0.6) is 0 Å². The summed E-state index contributed by atoms with van der Waals surface area (Å²) in [4.78, 5) is 11.5. The molecule has 2 rings (SSSR count). The molecule has 1 aromatic rings. The average Bonchev–Trinajstić information content (AvgIpc) is 3.26. The predicted molar refractivity (Wildman–Crippen MR) is 82.4 cm³/mol. The zero-order valence-electron chi connectivity index (χ0n) is 12.8. The molecule has 1 aliphatic carbocycles. The Kier molecular flexibility index (Phi) is 5.17. The highest BCUT2D eigenvalue weighted by molar-refractivity contribution is 5.50. The van der Waals surface area contributed by atoms with Crippen LogP contribution >= 0.6 is 0 Å². The van der Waals surface area contributed by atoms with Gasteiger partial charge in [-0.3, -0.25) is 0 Å². The SMILES string of the molecule is CCCNc1cc(N(CCO)C(C)C)nc(C2CC2)n1. The van der Waals surface area contributed by atoms with Gasteiger partial charge in [-0.2, -0.15) is 0 Å². The highest BCUT2D eigenvalue weighted by Gasteiger charge is 2.28. The van der Waals surface area contributed by atoms with Gasteiger partial charge in [-0.05, 0) is 33.1 Å². The van der Waals surface area contributed by atoms with Gasteiger partial charge in [0.1, 0.15) is 17.5 Å². The first-order valence-corrected chi connectivity index (χ1v) is 7.66. The molecule has 5 nitrogen and oxygen atoms in total. The van der Waals surface area contributed by atoms with Crippen LogP contribution in [0.4, 0.5) is 11.6 Å². The van der Waals surface area contributed by atoms with Gasteiger partial charge in [-0.1, -0.05) is 6.92 Å². The van der Waals surface area contributed by atoms with Gasteiger partial charge < -0.3 is 15.3 Å². The maximum absolute atomic E-state index is 9.25. The van der Waals surface area contributed by atoms with Crippen LogP contribution in [-0.4, -0.2) is 40.8 Å². The number of nitrogens with one attached hydrogen (secondary N) is 1. The van der Waals surface area contributed by atoms with Crippen molar-refractivity contribution < 1.29 is 5.11 Å². The average molecular weight is 278 g/mol. The highest BCUT2D eigenvalue weighted by atomic mass is 16.3. The quantitative estimate of drug-likeness (QED) is 0.764. The summed E-state index contributed by atoms with van der Waals surface area (Å²) >= 11 is 0. The van der Waals surface area contributed by atoms with Crippen LogP contribution in [0.2, 0.25) is 0 Å². The lowest BCUT2D eigenvalue weighted by atomic mass is 10.3. The molecule has 0 radical (unpaired) electrons. The third-order valence-corrected chi connectivity index (χ3v) is 3.49. The van der Waals surface area contributed by atoms with Gasteiger partial charge in [-0.25, -0.2) is 9.97 Å². The van der Waals surface area contributed by atoms with E-state index in [4.69, 9.17) is 4.98 Å². The molecule has 112 valence electrons. The summed E-state index contributed by atoms with van der Waals surface area (Å²) in [6.45, 7) is 8.04. The second kappa shape index (κ2) is 6.88. The van der Waals surface area contributed by atoms with Gasteiger partial charge in [0.05, 0.1) is 6.61 Å². The van der Waals surface area contributed by atoms with Crippen molar-refractivity contribution in [3.63, 3.8) is 0 Å². The summed E-state index contributed by atoms with van der Waals surface area (Å²) in [6, 6.07) is 2.31. The third kappa shape index (κ3) is 3.82. The first kappa shape index (κ1) is 15.0. The zero-order chi connectivity index (χ0) is 14.5. The van der Waals surface area contributed by atoms with Crippen LogP contribution in [0.1, 0.15) is 51.8 Å². The lowest BCUT2D eigenvalue weighted by Gasteiger charge is -2.27. The Morgan fingerprint density at radius 1 is 1.40 bits per heavy atom. The lowest BCUT2D eigenvalue weighted by molar-refractivity contribution is 0.298. The molecule has 0 atom stereocenters. The summed E-state index contributed by atoms with van der Waals surface area (Å²) in [6.07, 6.45) is 3.46. The molecular formula is C15H26N4O. The number of rotatable bonds is 8. The smallest absolute Gasteiger partial charge is 0.136 e. The maximum Gasteiger partial charge on any atom is 0.136 e. The zero-order valence-corrected chi connectivity index (χ0v) is 12.8. The van der Waals surface area contributed by atoms with Crippen molar-refractivity contribution >= 4 is 11.6 Å². The van der Waals surface area contributed by atoms with E-state index in [-0.39, 0.29) is 6.61 Å². The number of aliphatic hydroxyl groups is 1. The molecule has 1 heterocycles. The van der Waals surface area contributed by atoms with Crippen LogP contribution < -0.4 is 10.2 Å². The van der Waals surface area contributed by atoms with Crippen molar-refractivity contribution in [3.05, 3.63) is 11.9 Å². The van der Waals surface area contributed by atoms with Crippen molar-refractivity contribution in [1.29, 1.82) is 0 Å². The van der Waals surface area contributed by atoms with Gasteiger partial charge in [0, 0.05) is 31.1 Å². The van der Waals surface area contributed by atoms with Crippen molar-refractivity contribution in [2.75, 3.05) is 29.9 Å². The molecule has 0 spiro atoms. The van der Waals surface area contributed by atoms with E-state index in [2.05, 4.69) is 36.0 Å². The van der Waals surface area contributed by atoms with Crippen molar-refractivity contribution in [2.24, 2.45) is 0 Å². The Labute approximate surface area is 121 Å². The second-order valence-electron chi connectivity index (χ2n) is 5.68. The number of aromatic nitrogens is 2. The fraction of sp³-hybridized carbons (Fsp3) is 0.733. The van der Waals surface area contributed by atoms with E-state index >= 15 is 0 Å².